The first-order valence-electron chi connectivity index (χ1n) is 7.00. The fourth-order valence-electron chi connectivity index (χ4n) is 3.07. The molecule has 2 nitrogen and oxygen atoms in total. The molecule has 1 aromatic heterocycles. The van der Waals surface area contributed by atoms with Gasteiger partial charge in [0.25, 0.3) is 0 Å². The maximum Gasteiger partial charge on any atom is 0.167 e. The van der Waals surface area contributed by atoms with E-state index in [4.69, 9.17) is 5.73 Å². The lowest BCUT2D eigenvalue weighted by atomic mass is 9.78. The van der Waals surface area contributed by atoms with E-state index < -0.39 is 0 Å². The van der Waals surface area contributed by atoms with Crippen molar-refractivity contribution in [3.8, 4) is 0 Å². The van der Waals surface area contributed by atoms with Crippen molar-refractivity contribution in [3.63, 3.8) is 0 Å². The minimum Gasteiger partial charge on any atom is -0.330 e. The highest BCUT2D eigenvalue weighted by molar-refractivity contribution is 7.17. The number of ketones is 1. The summed E-state index contributed by atoms with van der Waals surface area (Å²) in [6.07, 6.45) is 4.21. The normalized spacial score (nSPS) is 23.6. The number of fused-ring (bicyclic) bond motifs is 1. The Morgan fingerprint density at radius 1 is 1.21 bits per heavy atom. The van der Waals surface area contributed by atoms with E-state index >= 15 is 0 Å². The van der Waals surface area contributed by atoms with Crippen LogP contribution in [0.3, 0.4) is 0 Å². The van der Waals surface area contributed by atoms with E-state index in [0.29, 0.717) is 11.7 Å². The SMILES string of the molecule is NCC1CCC(C(=O)c2cccc3ccsc23)CC1. The fraction of sp³-hybridized carbons (Fsp3) is 0.438. The maximum absolute atomic E-state index is 12.7. The number of carbonyl (C=O) groups excluding carboxylic acids is 1. The molecule has 100 valence electrons. The molecule has 0 bridgehead atoms. The molecular formula is C16H19NOS. The summed E-state index contributed by atoms with van der Waals surface area (Å²) >= 11 is 1.67. The quantitative estimate of drug-likeness (QED) is 0.863. The molecule has 0 aliphatic heterocycles. The van der Waals surface area contributed by atoms with Gasteiger partial charge in [-0.05, 0) is 61.0 Å². The lowest BCUT2D eigenvalue weighted by Gasteiger charge is -2.26. The van der Waals surface area contributed by atoms with Crippen molar-refractivity contribution in [2.45, 2.75) is 25.7 Å². The average molecular weight is 273 g/mol. The van der Waals surface area contributed by atoms with Crippen LogP contribution < -0.4 is 5.73 Å². The minimum atomic E-state index is 0.204. The van der Waals surface area contributed by atoms with Gasteiger partial charge in [-0.2, -0.15) is 0 Å². The number of hydrogen-bond acceptors (Lipinski definition) is 3. The Balaban J connectivity index is 1.82. The molecule has 2 N–H and O–H groups in total. The first-order chi connectivity index (χ1) is 9.29. The Morgan fingerprint density at radius 2 is 2.00 bits per heavy atom. The predicted molar refractivity (Wildman–Crippen MR) is 80.7 cm³/mol. The molecule has 1 fully saturated rings. The zero-order valence-corrected chi connectivity index (χ0v) is 11.8. The van der Waals surface area contributed by atoms with E-state index in [1.54, 1.807) is 11.3 Å². The van der Waals surface area contributed by atoms with Gasteiger partial charge in [0, 0.05) is 16.2 Å². The number of carbonyl (C=O) groups is 1. The van der Waals surface area contributed by atoms with Crippen LogP contribution >= 0.6 is 11.3 Å². The first-order valence-corrected chi connectivity index (χ1v) is 7.88. The van der Waals surface area contributed by atoms with Crippen LogP contribution in [0.25, 0.3) is 10.1 Å². The van der Waals surface area contributed by atoms with Gasteiger partial charge in [-0.3, -0.25) is 4.79 Å². The van der Waals surface area contributed by atoms with Crippen molar-refractivity contribution < 1.29 is 4.79 Å². The molecule has 1 aliphatic rings. The molecule has 0 atom stereocenters. The van der Waals surface area contributed by atoms with Crippen LogP contribution in [-0.2, 0) is 0 Å². The standard InChI is InChI=1S/C16H19NOS/c17-10-11-4-6-12(7-5-11)15(18)14-3-1-2-13-8-9-19-16(13)14/h1-3,8-9,11-12H,4-7,10,17H2. The summed E-state index contributed by atoms with van der Waals surface area (Å²) in [4.78, 5) is 12.7. The second-order valence-corrected chi connectivity index (χ2v) is 6.38. The van der Waals surface area contributed by atoms with Gasteiger partial charge in [0.15, 0.2) is 5.78 Å². The Morgan fingerprint density at radius 3 is 2.74 bits per heavy atom. The number of nitrogens with two attached hydrogens (primary N) is 1. The average Bonchev–Trinajstić information content (AvgIpc) is 2.95. The molecule has 1 heterocycles. The van der Waals surface area contributed by atoms with Gasteiger partial charge < -0.3 is 5.73 Å². The Labute approximate surface area is 117 Å². The molecule has 0 radical (unpaired) electrons. The van der Waals surface area contributed by atoms with Gasteiger partial charge in [0.2, 0.25) is 0 Å². The highest BCUT2D eigenvalue weighted by Crippen LogP contribution is 2.33. The largest absolute Gasteiger partial charge is 0.330 e. The van der Waals surface area contributed by atoms with Gasteiger partial charge in [-0.15, -0.1) is 11.3 Å². The van der Waals surface area contributed by atoms with Gasteiger partial charge in [-0.25, -0.2) is 0 Å². The topological polar surface area (TPSA) is 43.1 Å². The lowest BCUT2D eigenvalue weighted by molar-refractivity contribution is 0.0875. The monoisotopic (exact) mass is 273 g/mol. The van der Waals surface area contributed by atoms with Crippen molar-refractivity contribution in [3.05, 3.63) is 35.2 Å². The third kappa shape index (κ3) is 2.45. The summed E-state index contributed by atoms with van der Waals surface area (Å²) < 4.78 is 1.15. The van der Waals surface area contributed by atoms with Crippen LogP contribution in [0.1, 0.15) is 36.0 Å². The summed E-state index contributed by atoms with van der Waals surface area (Å²) in [5.41, 5.74) is 6.63. The molecule has 2 aromatic rings. The molecule has 3 rings (SSSR count). The van der Waals surface area contributed by atoms with Crippen molar-refractivity contribution in [2.24, 2.45) is 17.6 Å². The zero-order chi connectivity index (χ0) is 13.2. The van der Waals surface area contributed by atoms with Gasteiger partial charge >= 0.3 is 0 Å². The van der Waals surface area contributed by atoms with E-state index in [0.717, 1.165) is 42.5 Å². The van der Waals surface area contributed by atoms with Crippen molar-refractivity contribution in [1.29, 1.82) is 0 Å². The summed E-state index contributed by atoms with van der Waals surface area (Å²) in [6, 6.07) is 8.14. The van der Waals surface area contributed by atoms with Gasteiger partial charge in [0.1, 0.15) is 0 Å². The summed E-state index contributed by atoms with van der Waals surface area (Å²) in [6.45, 7) is 0.765. The van der Waals surface area contributed by atoms with Crippen LogP contribution in [-0.4, -0.2) is 12.3 Å². The smallest absolute Gasteiger partial charge is 0.167 e. The Bertz CT molecular complexity index is 581. The molecule has 0 unspecified atom stereocenters. The van der Waals surface area contributed by atoms with Crippen molar-refractivity contribution in [2.75, 3.05) is 6.54 Å². The summed E-state index contributed by atoms with van der Waals surface area (Å²) in [5, 5.41) is 3.25. The first kappa shape index (κ1) is 12.8. The molecule has 0 saturated heterocycles. The fourth-order valence-corrected chi connectivity index (χ4v) is 3.99. The Hall–Kier alpha value is -1.19. The van der Waals surface area contributed by atoms with Crippen LogP contribution in [0, 0.1) is 11.8 Å². The molecule has 0 spiro atoms. The molecular weight excluding hydrogens is 254 g/mol. The minimum absolute atomic E-state index is 0.204. The highest BCUT2D eigenvalue weighted by Gasteiger charge is 2.27. The third-order valence-corrected chi connectivity index (χ3v) is 5.26. The highest BCUT2D eigenvalue weighted by atomic mass is 32.1. The van der Waals surface area contributed by atoms with Crippen LogP contribution in [0.4, 0.5) is 0 Å². The Kier molecular flexibility index (Phi) is 3.67. The molecule has 1 aromatic carbocycles. The van der Waals surface area contributed by atoms with E-state index in [-0.39, 0.29) is 5.92 Å². The summed E-state index contributed by atoms with van der Waals surface area (Å²) in [5.74, 6) is 1.17. The zero-order valence-electron chi connectivity index (χ0n) is 11.0. The van der Waals surface area contributed by atoms with Crippen molar-refractivity contribution in [1.82, 2.24) is 0 Å². The maximum atomic E-state index is 12.7. The third-order valence-electron chi connectivity index (χ3n) is 4.30. The molecule has 19 heavy (non-hydrogen) atoms. The second-order valence-electron chi connectivity index (χ2n) is 5.46. The number of Topliss-reactive ketones (excluding diaryl/α,β-unsaturated/α-hetero) is 1. The molecule has 0 amide bonds. The number of rotatable bonds is 3. The van der Waals surface area contributed by atoms with E-state index in [2.05, 4.69) is 17.5 Å². The van der Waals surface area contributed by atoms with Crippen LogP contribution in [0.2, 0.25) is 0 Å². The predicted octanol–water partition coefficient (Wildman–Crippen LogP) is 3.85. The van der Waals surface area contributed by atoms with Crippen LogP contribution in [0.5, 0.6) is 0 Å². The van der Waals surface area contributed by atoms with E-state index in [1.165, 1.54) is 5.39 Å². The van der Waals surface area contributed by atoms with Crippen LogP contribution in [0.15, 0.2) is 29.6 Å². The number of hydrogen-bond donors (Lipinski definition) is 1. The summed E-state index contributed by atoms with van der Waals surface area (Å²) in [7, 11) is 0. The number of benzene rings is 1. The molecule has 1 saturated carbocycles. The van der Waals surface area contributed by atoms with E-state index in [1.807, 2.05) is 12.1 Å². The van der Waals surface area contributed by atoms with E-state index in [9.17, 15) is 4.79 Å². The molecule has 3 heteroatoms. The molecule has 1 aliphatic carbocycles. The van der Waals surface area contributed by atoms with Gasteiger partial charge in [0.05, 0.1) is 0 Å². The second kappa shape index (κ2) is 5.43. The van der Waals surface area contributed by atoms with Gasteiger partial charge in [-0.1, -0.05) is 12.1 Å². The number of thiophene rings is 1. The van der Waals surface area contributed by atoms with Crippen molar-refractivity contribution >= 4 is 27.2 Å². The lowest BCUT2D eigenvalue weighted by Crippen LogP contribution is -2.25.